The van der Waals surface area contributed by atoms with Gasteiger partial charge < -0.3 is 10.2 Å². The van der Waals surface area contributed by atoms with Crippen molar-refractivity contribution in [3.63, 3.8) is 0 Å². The van der Waals surface area contributed by atoms with E-state index in [2.05, 4.69) is 19.1 Å². The van der Waals surface area contributed by atoms with Crippen LogP contribution in [0.3, 0.4) is 0 Å². The van der Waals surface area contributed by atoms with Crippen molar-refractivity contribution in [2.45, 2.75) is 13.8 Å². The lowest BCUT2D eigenvalue weighted by Crippen LogP contribution is -1.99. The molecule has 0 fully saturated rings. The van der Waals surface area contributed by atoms with Crippen molar-refractivity contribution >= 4 is 16.7 Å². The Morgan fingerprint density at radius 1 is 0.909 bits per heavy atom. The van der Waals surface area contributed by atoms with Gasteiger partial charge in [-0.25, -0.2) is 4.79 Å². The van der Waals surface area contributed by atoms with Crippen LogP contribution in [-0.2, 0) is 0 Å². The number of fused-ring (bicyclic) bond motifs is 1. The molecule has 3 heteroatoms. The fourth-order valence-corrected chi connectivity index (χ4v) is 2.82. The molecule has 2 N–H and O–H groups in total. The number of carboxylic acids is 1. The molecule has 0 aliphatic carbocycles. The Morgan fingerprint density at radius 2 is 1.59 bits per heavy atom. The lowest BCUT2D eigenvalue weighted by Gasteiger charge is -2.12. The van der Waals surface area contributed by atoms with E-state index in [1.54, 1.807) is 6.92 Å². The van der Waals surface area contributed by atoms with Gasteiger partial charge in [0.1, 0.15) is 11.3 Å². The van der Waals surface area contributed by atoms with E-state index >= 15 is 0 Å². The molecule has 3 aromatic carbocycles. The summed E-state index contributed by atoms with van der Waals surface area (Å²) in [4.78, 5) is 11.3. The second-order valence-electron chi connectivity index (χ2n) is 5.47. The zero-order valence-electron chi connectivity index (χ0n) is 12.4. The van der Waals surface area contributed by atoms with E-state index in [1.165, 1.54) is 11.6 Å². The molecule has 0 aromatic heterocycles. The first-order valence-electron chi connectivity index (χ1n) is 7.04. The summed E-state index contributed by atoms with van der Waals surface area (Å²) in [6, 6.07) is 15.4. The Hall–Kier alpha value is -2.81. The lowest BCUT2D eigenvalue weighted by molar-refractivity contribution is 0.0693. The number of benzene rings is 3. The number of aromatic hydroxyl groups is 1. The van der Waals surface area contributed by atoms with E-state index in [-0.39, 0.29) is 11.3 Å². The monoisotopic (exact) mass is 292 g/mol. The van der Waals surface area contributed by atoms with Gasteiger partial charge in [0.15, 0.2) is 0 Å². The third-order valence-electron chi connectivity index (χ3n) is 3.98. The summed E-state index contributed by atoms with van der Waals surface area (Å²) in [5, 5.41) is 21.4. The van der Waals surface area contributed by atoms with Crippen molar-refractivity contribution in [3.8, 4) is 16.9 Å². The minimum absolute atomic E-state index is 0.0698. The van der Waals surface area contributed by atoms with Gasteiger partial charge in [-0.1, -0.05) is 36.4 Å². The molecular weight excluding hydrogens is 276 g/mol. The van der Waals surface area contributed by atoms with Crippen LogP contribution in [-0.4, -0.2) is 16.2 Å². The van der Waals surface area contributed by atoms with E-state index in [1.807, 2.05) is 30.3 Å². The van der Waals surface area contributed by atoms with Crippen LogP contribution < -0.4 is 0 Å². The molecule has 0 aliphatic rings. The maximum atomic E-state index is 11.3. The van der Waals surface area contributed by atoms with Crippen LogP contribution in [0, 0.1) is 13.8 Å². The third kappa shape index (κ3) is 2.21. The smallest absolute Gasteiger partial charge is 0.339 e. The molecule has 0 heterocycles. The number of hydrogen-bond acceptors (Lipinski definition) is 2. The van der Waals surface area contributed by atoms with Crippen LogP contribution >= 0.6 is 0 Å². The standard InChI is InChI=1S/C19H16O3/c1-11-5-3-8-16-14(11)6-4-7-15(16)13-9-12(2)18(20)17(10-13)19(21)22/h3-10,20H,1-2H3,(H,21,22). The minimum Gasteiger partial charge on any atom is -0.507 e. The molecule has 3 rings (SSSR count). The predicted octanol–water partition coefficient (Wildman–Crippen LogP) is 4.53. The van der Waals surface area contributed by atoms with Crippen LogP contribution in [0.2, 0.25) is 0 Å². The summed E-state index contributed by atoms with van der Waals surface area (Å²) in [6.45, 7) is 3.76. The van der Waals surface area contributed by atoms with Crippen molar-refractivity contribution < 1.29 is 15.0 Å². The van der Waals surface area contributed by atoms with Crippen molar-refractivity contribution in [1.29, 1.82) is 0 Å². The van der Waals surface area contributed by atoms with Crippen molar-refractivity contribution in [2.75, 3.05) is 0 Å². The van der Waals surface area contributed by atoms with Gasteiger partial charge in [0.25, 0.3) is 0 Å². The summed E-state index contributed by atoms with van der Waals surface area (Å²) < 4.78 is 0. The Balaban J connectivity index is 2.33. The molecule has 0 unspecified atom stereocenters. The second kappa shape index (κ2) is 5.19. The van der Waals surface area contributed by atoms with Gasteiger partial charge >= 0.3 is 5.97 Å². The largest absolute Gasteiger partial charge is 0.507 e. The Labute approximate surface area is 128 Å². The molecule has 3 aromatic rings. The molecule has 22 heavy (non-hydrogen) atoms. The summed E-state index contributed by atoms with van der Waals surface area (Å²) in [7, 11) is 0. The molecule has 0 amide bonds. The van der Waals surface area contributed by atoms with Gasteiger partial charge in [0.05, 0.1) is 0 Å². The Morgan fingerprint density at radius 3 is 2.32 bits per heavy atom. The van der Waals surface area contributed by atoms with Crippen molar-refractivity contribution in [2.24, 2.45) is 0 Å². The lowest BCUT2D eigenvalue weighted by atomic mass is 9.93. The van der Waals surface area contributed by atoms with Gasteiger partial charge in [0, 0.05) is 0 Å². The molecule has 0 spiro atoms. The van der Waals surface area contributed by atoms with E-state index in [0.29, 0.717) is 5.56 Å². The Kier molecular flexibility index (Phi) is 3.33. The van der Waals surface area contributed by atoms with Gasteiger partial charge in [-0.05, 0) is 59.0 Å². The zero-order chi connectivity index (χ0) is 15.9. The fraction of sp³-hybridized carbons (Fsp3) is 0.105. The van der Waals surface area contributed by atoms with E-state index in [0.717, 1.165) is 21.9 Å². The molecule has 0 aliphatic heterocycles. The summed E-state index contributed by atoms with van der Waals surface area (Å²) in [5.41, 5.74) is 3.42. The van der Waals surface area contributed by atoms with Crippen LogP contribution in [0.25, 0.3) is 21.9 Å². The van der Waals surface area contributed by atoms with Crippen LogP contribution in [0.5, 0.6) is 5.75 Å². The Bertz CT molecular complexity index is 895. The number of rotatable bonds is 2. The molecule has 0 radical (unpaired) electrons. The molecule has 0 atom stereocenters. The third-order valence-corrected chi connectivity index (χ3v) is 3.98. The highest BCUT2D eigenvalue weighted by Gasteiger charge is 2.15. The van der Waals surface area contributed by atoms with Crippen molar-refractivity contribution in [3.05, 3.63) is 65.2 Å². The molecule has 0 saturated carbocycles. The highest BCUT2D eigenvalue weighted by atomic mass is 16.4. The first kappa shape index (κ1) is 14.1. The number of aromatic carboxylic acids is 1. The number of phenols is 1. The number of carboxylic acid groups (broad SMARTS) is 1. The minimum atomic E-state index is -1.13. The highest BCUT2D eigenvalue weighted by Crippen LogP contribution is 2.34. The normalized spacial score (nSPS) is 10.8. The average molecular weight is 292 g/mol. The second-order valence-corrected chi connectivity index (χ2v) is 5.47. The summed E-state index contributed by atoms with van der Waals surface area (Å²) in [6.07, 6.45) is 0. The SMILES string of the molecule is Cc1cc(-c2cccc3c(C)cccc23)cc(C(=O)O)c1O. The van der Waals surface area contributed by atoms with Gasteiger partial charge in [-0.15, -0.1) is 0 Å². The number of hydrogen-bond donors (Lipinski definition) is 2. The topological polar surface area (TPSA) is 57.5 Å². The van der Waals surface area contributed by atoms with Crippen molar-refractivity contribution in [1.82, 2.24) is 0 Å². The predicted molar refractivity (Wildman–Crippen MR) is 87.5 cm³/mol. The van der Waals surface area contributed by atoms with Gasteiger partial charge in [-0.2, -0.15) is 0 Å². The molecule has 0 saturated heterocycles. The molecule has 3 nitrogen and oxygen atoms in total. The van der Waals surface area contributed by atoms with E-state index in [4.69, 9.17) is 0 Å². The first-order chi connectivity index (χ1) is 10.5. The quantitative estimate of drug-likeness (QED) is 0.729. The van der Waals surface area contributed by atoms with E-state index < -0.39 is 5.97 Å². The first-order valence-corrected chi connectivity index (χ1v) is 7.04. The van der Waals surface area contributed by atoms with Gasteiger partial charge in [-0.3, -0.25) is 0 Å². The maximum Gasteiger partial charge on any atom is 0.339 e. The molecular formula is C19H16O3. The fourth-order valence-electron chi connectivity index (χ4n) is 2.82. The van der Waals surface area contributed by atoms with E-state index in [9.17, 15) is 15.0 Å². The van der Waals surface area contributed by atoms with Gasteiger partial charge in [0.2, 0.25) is 0 Å². The number of aryl methyl sites for hydroxylation is 2. The zero-order valence-corrected chi connectivity index (χ0v) is 12.4. The maximum absolute atomic E-state index is 11.3. The van der Waals surface area contributed by atoms with Crippen LogP contribution in [0.4, 0.5) is 0 Å². The average Bonchev–Trinajstić information content (AvgIpc) is 2.49. The molecule has 0 bridgehead atoms. The summed E-state index contributed by atoms with van der Waals surface area (Å²) in [5.74, 6) is -1.30. The van der Waals surface area contributed by atoms with Crippen LogP contribution in [0.15, 0.2) is 48.5 Å². The molecule has 110 valence electrons. The number of carbonyl (C=O) groups is 1. The summed E-state index contributed by atoms with van der Waals surface area (Å²) >= 11 is 0. The van der Waals surface area contributed by atoms with Crippen LogP contribution in [0.1, 0.15) is 21.5 Å². The highest BCUT2D eigenvalue weighted by molar-refractivity contribution is 6.00.